The second-order valence-corrected chi connectivity index (χ2v) is 3.53. The van der Waals surface area contributed by atoms with Gasteiger partial charge in [-0.05, 0) is 18.4 Å². The molecule has 12 heavy (non-hydrogen) atoms. The number of rotatable bonds is 1. The van der Waals surface area contributed by atoms with Gasteiger partial charge in [-0.3, -0.25) is 0 Å². The van der Waals surface area contributed by atoms with E-state index in [-0.39, 0.29) is 5.38 Å². The maximum Gasteiger partial charge on any atom is 0.108 e. The monoisotopic (exact) mass is 183 g/mol. The highest BCUT2D eigenvalue weighted by molar-refractivity contribution is 6.22. The van der Waals surface area contributed by atoms with Crippen molar-refractivity contribution in [2.75, 3.05) is 0 Å². The van der Waals surface area contributed by atoms with Crippen LogP contribution in [-0.2, 0) is 7.05 Å². The van der Waals surface area contributed by atoms with Crippen LogP contribution in [0.4, 0.5) is 0 Å². The Morgan fingerprint density at radius 3 is 3.00 bits per heavy atom. The predicted molar refractivity (Wildman–Crippen MR) is 47.9 cm³/mol. The fourth-order valence-corrected chi connectivity index (χ4v) is 1.65. The lowest BCUT2D eigenvalue weighted by Gasteiger charge is -1.91. The van der Waals surface area contributed by atoms with Crippen LogP contribution in [-0.4, -0.2) is 20.4 Å². The Hall–Kier alpha value is -0.830. The minimum absolute atomic E-state index is 0.182. The molecule has 0 N–H and O–H groups in total. The molecule has 0 bridgehead atoms. The van der Waals surface area contributed by atoms with E-state index in [2.05, 4.69) is 16.3 Å². The van der Waals surface area contributed by atoms with E-state index in [1.165, 1.54) is 5.57 Å². The van der Waals surface area contributed by atoms with Gasteiger partial charge in [0.05, 0.1) is 11.6 Å². The Kier molecular flexibility index (Phi) is 1.89. The second-order valence-electron chi connectivity index (χ2n) is 2.97. The number of allylic oxidation sites excluding steroid dienone is 2. The molecule has 0 radical (unpaired) electrons. The highest BCUT2D eigenvalue weighted by atomic mass is 35.5. The Balaban J connectivity index is 2.26. The van der Waals surface area contributed by atoms with Gasteiger partial charge in [0.2, 0.25) is 0 Å². The summed E-state index contributed by atoms with van der Waals surface area (Å²) in [6.07, 6.45) is 5.88. The fraction of sp³-hybridized carbons (Fsp3) is 0.500. The molecule has 0 aliphatic heterocycles. The Morgan fingerprint density at radius 1 is 1.67 bits per heavy atom. The normalized spacial score (nSPS) is 22.8. The molecule has 1 heterocycles. The van der Waals surface area contributed by atoms with Gasteiger partial charge in [-0.1, -0.05) is 6.08 Å². The number of aryl methyl sites for hydroxylation is 1. The number of alkyl halides is 1. The van der Waals surface area contributed by atoms with Gasteiger partial charge in [-0.15, -0.1) is 11.6 Å². The summed E-state index contributed by atoms with van der Waals surface area (Å²) in [5, 5.41) is 8.40. The summed E-state index contributed by atoms with van der Waals surface area (Å²) in [7, 11) is 1.82. The minimum atomic E-state index is 0.182. The SMILES string of the molecule is Cn1ncc(C2=CC(Cl)CC2)n1. The van der Waals surface area contributed by atoms with Crippen molar-refractivity contribution in [2.24, 2.45) is 7.05 Å². The third kappa shape index (κ3) is 1.37. The first-order valence-corrected chi connectivity index (χ1v) is 4.41. The lowest BCUT2D eigenvalue weighted by molar-refractivity contribution is 0.652. The summed E-state index contributed by atoms with van der Waals surface area (Å²) in [5.41, 5.74) is 2.18. The largest absolute Gasteiger partial charge is 0.187 e. The van der Waals surface area contributed by atoms with Crippen LogP contribution in [0.3, 0.4) is 0 Å². The van der Waals surface area contributed by atoms with E-state index >= 15 is 0 Å². The van der Waals surface area contributed by atoms with Crippen LogP contribution in [0.15, 0.2) is 12.3 Å². The van der Waals surface area contributed by atoms with E-state index in [0.29, 0.717) is 0 Å². The zero-order valence-corrected chi connectivity index (χ0v) is 7.62. The maximum absolute atomic E-state index is 5.93. The minimum Gasteiger partial charge on any atom is -0.187 e. The molecule has 64 valence electrons. The summed E-state index contributed by atoms with van der Waals surface area (Å²) < 4.78 is 0. The lowest BCUT2D eigenvalue weighted by Crippen LogP contribution is -1.92. The first kappa shape index (κ1) is 7.80. The van der Waals surface area contributed by atoms with E-state index in [0.717, 1.165) is 18.5 Å². The number of hydrogen-bond acceptors (Lipinski definition) is 2. The van der Waals surface area contributed by atoms with Gasteiger partial charge in [0, 0.05) is 7.05 Å². The predicted octanol–water partition coefficient (Wildman–Crippen LogP) is 1.60. The first-order valence-electron chi connectivity index (χ1n) is 3.97. The van der Waals surface area contributed by atoms with E-state index in [9.17, 15) is 0 Å². The average Bonchev–Trinajstić information content (AvgIpc) is 2.58. The fourth-order valence-electron chi connectivity index (χ4n) is 1.38. The summed E-state index contributed by atoms with van der Waals surface area (Å²) in [6, 6.07) is 0. The molecule has 1 aromatic rings. The van der Waals surface area contributed by atoms with Gasteiger partial charge in [-0.25, -0.2) is 0 Å². The van der Waals surface area contributed by atoms with Crippen molar-refractivity contribution in [2.45, 2.75) is 18.2 Å². The number of nitrogens with zero attached hydrogens (tertiary/aromatic N) is 3. The Bertz CT molecular complexity index is 316. The summed E-state index contributed by atoms with van der Waals surface area (Å²) in [4.78, 5) is 1.57. The van der Waals surface area contributed by atoms with Gasteiger partial charge in [0.15, 0.2) is 0 Å². The molecule has 4 heteroatoms. The highest BCUT2D eigenvalue weighted by Gasteiger charge is 2.16. The summed E-state index contributed by atoms with van der Waals surface area (Å²) in [5.74, 6) is 0. The van der Waals surface area contributed by atoms with Crippen molar-refractivity contribution < 1.29 is 0 Å². The van der Waals surface area contributed by atoms with Crippen LogP contribution in [0.2, 0.25) is 0 Å². The molecule has 1 aliphatic rings. The van der Waals surface area contributed by atoms with Crippen molar-refractivity contribution >= 4 is 17.2 Å². The molecule has 0 aromatic carbocycles. The molecule has 0 amide bonds. The molecule has 2 rings (SSSR count). The zero-order valence-electron chi connectivity index (χ0n) is 6.87. The number of aromatic nitrogens is 3. The van der Waals surface area contributed by atoms with Crippen LogP contribution in [0.25, 0.3) is 5.57 Å². The van der Waals surface area contributed by atoms with E-state index in [4.69, 9.17) is 11.6 Å². The molecule has 0 fully saturated rings. The van der Waals surface area contributed by atoms with Gasteiger partial charge in [-0.2, -0.15) is 15.0 Å². The van der Waals surface area contributed by atoms with Crippen molar-refractivity contribution in [1.82, 2.24) is 15.0 Å². The second kappa shape index (κ2) is 2.90. The van der Waals surface area contributed by atoms with Crippen molar-refractivity contribution in [3.8, 4) is 0 Å². The van der Waals surface area contributed by atoms with Gasteiger partial charge in [0.25, 0.3) is 0 Å². The molecule has 3 nitrogen and oxygen atoms in total. The molecule has 1 atom stereocenters. The molecular weight excluding hydrogens is 174 g/mol. The van der Waals surface area contributed by atoms with Crippen LogP contribution in [0, 0.1) is 0 Å². The molecule has 0 saturated carbocycles. The summed E-state index contributed by atoms with van der Waals surface area (Å²) >= 11 is 5.93. The van der Waals surface area contributed by atoms with Crippen molar-refractivity contribution in [3.63, 3.8) is 0 Å². The summed E-state index contributed by atoms with van der Waals surface area (Å²) in [6.45, 7) is 0. The zero-order chi connectivity index (χ0) is 8.55. The standard InChI is InChI=1S/C8H10ClN3/c1-12-10-5-8(11-12)6-2-3-7(9)4-6/h4-5,7H,2-3H2,1H3. The molecule has 1 aliphatic carbocycles. The maximum atomic E-state index is 5.93. The molecule has 0 spiro atoms. The van der Waals surface area contributed by atoms with E-state index in [1.807, 2.05) is 7.05 Å². The van der Waals surface area contributed by atoms with Crippen LogP contribution >= 0.6 is 11.6 Å². The highest BCUT2D eigenvalue weighted by Crippen LogP contribution is 2.28. The topological polar surface area (TPSA) is 30.7 Å². The molecular formula is C8H10ClN3. The molecule has 1 unspecified atom stereocenters. The average molecular weight is 184 g/mol. The third-order valence-corrected chi connectivity index (χ3v) is 2.34. The van der Waals surface area contributed by atoms with Gasteiger partial charge in [0.1, 0.15) is 5.69 Å². The quantitative estimate of drug-likeness (QED) is 0.620. The van der Waals surface area contributed by atoms with Crippen LogP contribution < -0.4 is 0 Å². The first-order chi connectivity index (χ1) is 5.75. The van der Waals surface area contributed by atoms with Gasteiger partial charge >= 0.3 is 0 Å². The van der Waals surface area contributed by atoms with E-state index in [1.54, 1.807) is 11.0 Å². The van der Waals surface area contributed by atoms with Gasteiger partial charge < -0.3 is 0 Å². The Labute approximate surface area is 76.0 Å². The van der Waals surface area contributed by atoms with Crippen molar-refractivity contribution in [3.05, 3.63) is 18.0 Å². The number of halogens is 1. The Morgan fingerprint density at radius 2 is 2.50 bits per heavy atom. The van der Waals surface area contributed by atoms with Crippen LogP contribution in [0.5, 0.6) is 0 Å². The molecule has 0 saturated heterocycles. The lowest BCUT2D eigenvalue weighted by atomic mass is 10.2. The number of hydrogen-bond donors (Lipinski definition) is 0. The van der Waals surface area contributed by atoms with Crippen LogP contribution in [0.1, 0.15) is 18.5 Å². The van der Waals surface area contributed by atoms with Crippen molar-refractivity contribution in [1.29, 1.82) is 0 Å². The van der Waals surface area contributed by atoms with E-state index < -0.39 is 0 Å². The third-order valence-electron chi connectivity index (χ3n) is 2.00. The smallest absolute Gasteiger partial charge is 0.108 e. The molecule has 1 aromatic heterocycles.